The molecule has 1 amide bonds. The molecule has 2 aromatic heterocycles. The van der Waals surface area contributed by atoms with Crippen LogP contribution in [0.1, 0.15) is 22.8 Å². The highest BCUT2D eigenvalue weighted by atomic mass is 16.2. The third-order valence-corrected chi connectivity index (χ3v) is 4.68. The van der Waals surface area contributed by atoms with Gasteiger partial charge in [-0.3, -0.25) is 9.59 Å². The Labute approximate surface area is 162 Å². The maximum absolute atomic E-state index is 12.9. The Hall–Kier alpha value is -3.80. The summed E-state index contributed by atoms with van der Waals surface area (Å²) >= 11 is 0. The Morgan fingerprint density at radius 2 is 1.79 bits per heavy atom. The van der Waals surface area contributed by atoms with Crippen molar-refractivity contribution in [2.45, 2.75) is 6.92 Å². The van der Waals surface area contributed by atoms with Gasteiger partial charge in [-0.15, -0.1) is 0 Å². The van der Waals surface area contributed by atoms with Crippen molar-refractivity contribution >= 4 is 23.0 Å². The number of rotatable bonds is 4. The fourth-order valence-electron chi connectivity index (χ4n) is 3.07. The largest absolute Gasteiger partial charge is 0.316 e. The van der Waals surface area contributed by atoms with Crippen molar-refractivity contribution in [3.05, 3.63) is 84.2 Å². The van der Waals surface area contributed by atoms with Crippen molar-refractivity contribution in [2.75, 3.05) is 11.9 Å². The first-order valence-electron chi connectivity index (χ1n) is 8.83. The lowest BCUT2D eigenvalue weighted by Gasteiger charge is -2.16. The molecule has 0 fully saturated rings. The molecule has 0 bridgehead atoms. The van der Waals surface area contributed by atoms with Crippen molar-refractivity contribution in [1.82, 2.24) is 14.6 Å². The van der Waals surface area contributed by atoms with E-state index in [9.17, 15) is 9.59 Å². The van der Waals surface area contributed by atoms with Gasteiger partial charge < -0.3 is 4.90 Å². The van der Waals surface area contributed by atoms with Crippen LogP contribution >= 0.6 is 0 Å². The van der Waals surface area contributed by atoms with Crippen LogP contribution in [0.5, 0.6) is 0 Å². The second-order valence-electron chi connectivity index (χ2n) is 6.45. The van der Waals surface area contributed by atoms with Crippen LogP contribution in [-0.2, 0) is 4.79 Å². The van der Waals surface area contributed by atoms with E-state index in [1.807, 2.05) is 48.5 Å². The number of ketones is 1. The van der Waals surface area contributed by atoms with Gasteiger partial charge in [-0.25, -0.2) is 9.50 Å². The van der Waals surface area contributed by atoms with E-state index in [1.54, 1.807) is 41.0 Å². The third-order valence-electron chi connectivity index (χ3n) is 4.68. The standard InChI is InChI=1S/C22H18N4O2/c1-15(27)25(2)18-10-6-9-17(13-18)20-11-12-23-22-19(14-24-26(20)22)21(28)16-7-4-3-5-8-16/h3-14H,1-2H3. The molecule has 4 rings (SSSR count). The zero-order chi connectivity index (χ0) is 19.7. The lowest BCUT2D eigenvalue weighted by atomic mass is 10.1. The fraction of sp³-hybridized carbons (Fsp3) is 0.0909. The number of hydrogen-bond acceptors (Lipinski definition) is 4. The number of carbonyl (C=O) groups is 2. The van der Waals surface area contributed by atoms with E-state index in [0.29, 0.717) is 16.8 Å². The molecule has 0 aliphatic rings. The topological polar surface area (TPSA) is 67.6 Å². The average Bonchev–Trinajstić information content (AvgIpc) is 3.17. The molecule has 28 heavy (non-hydrogen) atoms. The highest BCUT2D eigenvalue weighted by Crippen LogP contribution is 2.26. The molecule has 0 N–H and O–H groups in total. The van der Waals surface area contributed by atoms with Crippen LogP contribution in [0.3, 0.4) is 0 Å². The predicted molar refractivity (Wildman–Crippen MR) is 107 cm³/mol. The summed E-state index contributed by atoms with van der Waals surface area (Å²) in [4.78, 5) is 30.5. The molecule has 0 saturated heterocycles. The minimum Gasteiger partial charge on any atom is -0.316 e. The summed E-state index contributed by atoms with van der Waals surface area (Å²) in [6, 6.07) is 18.5. The summed E-state index contributed by atoms with van der Waals surface area (Å²) in [7, 11) is 1.73. The lowest BCUT2D eigenvalue weighted by molar-refractivity contribution is -0.116. The monoisotopic (exact) mass is 370 g/mol. The quantitative estimate of drug-likeness (QED) is 0.515. The first-order valence-corrected chi connectivity index (χ1v) is 8.83. The number of anilines is 1. The molecule has 0 aliphatic carbocycles. The highest BCUT2D eigenvalue weighted by Gasteiger charge is 2.18. The molecule has 6 heteroatoms. The van der Waals surface area contributed by atoms with Crippen LogP contribution in [0.2, 0.25) is 0 Å². The van der Waals surface area contributed by atoms with Gasteiger partial charge in [-0.05, 0) is 18.2 Å². The summed E-state index contributed by atoms with van der Waals surface area (Å²) in [5, 5.41) is 4.40. The van der Waals surface area contributed by atoms with Gasteiger partial charge in [-0.2, -0.15) is 5.10 Å². The van der Waals surface area contributed by atoms with Crippen LogP contribution < -0.4 is 4.90 Å². The molecule has 138 valence electrons. The molecule has 6 nitrogen and oxygen atoms in total. The zero-order valence-corrected chi connectivity index (χ0v) is 15.5. The molecule has 0 radical (unpaired) electrons. The number of fused-ring (bicyclic) bond motifs is 1. The molecule has 0 aliphatic heterocycles. The number of aromatic nitrogens is 3. The minimum absolute atomic E-state index is 0.0492. The summed E-state index contributed by atoms with van der Waals surface area (Å²) in [6.45, 7) is 1.52. The number of hydrogen-bond donors (Lipinski definition) is 0. The van der Waals surface area contributed by atoms with Gasteiger partial charge in [0.25, 0.3) is 0 Å². The number of carbonyl (C=O) groups excluding carboxylic acids is 2. The normalized spacial score (nSPS) is 10.8. The summed E-state index contributed by atoms with van der Waals surface area (Å²) in [5.74, 6) is -0.169. The van der Waals surface area contributed by atoms with Crippen LogP contribution in [-0.4, -0.2) is 33.3 Å². The summed E-state index contributed by atoms with van der Waals surface area (Å²) in [5.41, 5.74) is 3.98. The van der Waals surface area contributed by atoms with Crippen LogP contribution in [0, 0.1) is 0 Å². The zero-order valence-electron chi connectivity index (χ0n) is 15.5. The Bertz CT molecular complexity index is 1180. The van der Waals surface area contributed by atoms with E-state index in [2.05, 4.69) is 10.1 Å². The van der Waals surface area contributed by atoms with Crippen LogP contribution in [0.15, 0.2) is 73.1 Å². The Kier molecular flexibility index (Phi) is 4.45. The van der Waals surface area contributed by atoms with Gasteiger partial charge >= 0.3 is 0 Å². The van der Waals surface area contributed by atoms with Crippen molar-refractivity contribution < 1.29 is 9.59 Å². The number of benzene rings is 2. The lowest BCUT2D eigenvalue weighted by Crippen LogP contribution is -2.22. The smallest absolute Gasteiger partial charge is 0.223 e. The van der Waals surface area contributed by atoms with Crippen molar-refractivity contribution in [2.24, 2.45) is 0 Å². The molecule has 0 atom stereocenters. The SMILES string of the molecule is CC(=O)N(C)c1cccc(-c2ccnc3c(C(=O)c4ccccc4)cnn23)c1. The molecule has 0 unspecified atom stereocenters. The second-order valence-corrected chi connectivity index (χ2v) is 6.45. The van der Waals surface area contributed by atoms with E-state index in [1.165, 1.54) is 6.92 Å². The molecule has 2 aromatic carbocycles. The van der Waals surface area contributed by atoms with E-state index >= 15 is 0 Å². The van der Waals surface area contributed by atoms with Crippen molar-refractivity contribution in [3.8, 4) is 11.3 Å². The number of amides is 1. The molecule has 4 aromatic rings. The van der Waals surface area contributed by atoms with Crippen LogP contribution in [0.4, 0.5) is 5.69 Å². The summed E-state index contributed by atoms with van der Waals surface area (Å²) in [6.07, 6.45) is 3.21. The van der Waals surface area contributed by atoms with Gasteiger partial charge in [0.2, 0.25) is 5.91 Å². The van der Waals surface area contributed by atoms with Gasteiger partial charge in [0, 0.05) is 37.0 Å². The first kappa shape index (κ1) is 17.6. The molecular formula is C22H18N4O2. The predicted octanol–water partition coefficient (Wildman–Crippen LogP) is 3.61. The van der Waals surface area contributed by atoms with Gasteiger partial charge in [0.05, 0.1) is 17.5 Å². The van der Waals surface area contributed by atoms with E-state index < -0.39 is 0 Å². The maximum atomic E-state index is 12.9. The first-order chi connectivity index (χ1) is 13.6. The van der Waals surface area contributed by atoms with E-state index in [4.69, 9.17) is 0 Å². The molecular weight excluding hydrogens is 352 g/mol. The van der Waals surface area contributed by atoms with Crippen molar-refractivity contribution in [1.29, 1.82) is 0 Å². The van der Waals surface area contributed by atoms with E-state index in [0.717, 1.165) is 16.9 Å². The van der Waals surface area contributed by atoms with Gasteiger partial charge in [-0.1, -0.05) is 42.5 Å². The Morgan fingerprint density at radius 1 is 1.00 bits per heavy atom. The van der Waals surface area contributed by atoms with Crippen molar-refractivity contribution in [3.63, 3.8) is 0 Å². The van der Waals surface area contributed by atoms with Crippen LogP contribution in [0.25, 0.3) is 16.9 Å². The highest BCUT2D eigenvalue weighted by molar-refractivity contribution is 6.12. The molecule has 0 saturated carbocycles. The fourth-order valence-corrected chi connectivity index (χ4v) is 3.07. The minimum atomic E-state index is -0.120. The Morgan fingerprint density at radius 3 is 2.54 bits per heavy atom. The van der Waals surface area contributed by atoms with E-state index in [-0.39, 0.29) is 11.7 Å². The second kappa shape index (κ2) is 7.08. The maximum Gasteiger partial charge on any atom is 0.223 e. The Balaban J connectivity index is 1.81. The third kappa shape index (κ3) is 3.05. The molecule has 0 spiro atoms. The van der Waals surface area contributed by atoms with Gasteiger partial charge in [0.15, 0.2) is 11.4 Å². The molecule has 2 heterocycles. The number of nitrogens with zero attached hydrogens (tertiary/aromatic N) is 4. The average molecular weight is 370 g/mol. The van der Waals surface area contributed by atoms with Gasteiger partial charge in [0.1, 0.15) is 0 Å². The summed E-state index contributed by atoms with van der Waals surface area (Å²) < 4.78 is 1.66.